The Bertz CT molecular complexity index is 617. The molecule has 18 heavy (non-hydrogen) atoms. The third-order valence-electron chi connectivity index (χ3n) is 2.72. The van der Waals surface area contributed by atoms with Crippen LogP contribution in [0.3, 0.4) is 0 Å². The molecular formula is C11H11IN4O2. The minimum absolute atomic E-state index is 0.0723. The van der Waals surface area contributed by atoms with Gasteiger partial charge in [0, 0.05) is 20.9 Å². The number of halogens is 1. The summed E-state index contributed by atoms with van der Waals surface area (Å²) in [5.74, 6) is 0. The number of aromatic amines is 1. The molecule has 2 rings (SSSR count). The number of hydrogen-bond acceptors (Lipinski definition) is 4. The fourth-order valence-corrected chi connectivity index (χ4v) is 2.49. The van der Waals surface area contributed by atoms with Crippen molar-refractivity contribution in [3.05, 3.63) is 37.2 Å². The number of nitrogen functional groups attached to an aromatic ring is 1. The fraction of sp³-hybridized carbons (Fsp3) is 0.182. The largest absolute Gasteiger partial charge is 0.392 e. The molecule has 0 unspecified atom stereocenters. The standard InChI is InChI=1S/C11H11IN4O2/c1-5-10(6(2)15-14-5)7-3-8(12)11(13)9(4-7)16(17)18/h3-4H,13H2,1-2H3,(H,14,15). The number of aromatic nitrogens is 2. The number of anilines is 1. The van der Waals surface area contributed by atoms with Crippen molar-refractivity contribution in [1.29, 1.82) is 0 Å². The molecule has 3 N–H and O–H groups in total. The van der Waals surface area contributed by atoms with Crippen molar-refractivity contribution in [3.8, 4) is 11.1 Å². The average Bonchev–Trinajstić information content (AvgIpc) is 2.62. The lowest BCUT2D eigenvalue weighted by atomic mass is 10.0. The number of H-pyrrole nitrogens is 1. The maximum Gasteiger partial charge on any atom is 0.293 e. The van der Waals surface area contributed by atoms with E-state index in [1.165, 1.54) is 6.07 Å². The second-order valence-corrected chi connectivity index (χ2v) is 5.12. The van der Waals surface area contributed by atoms with Crippen molar-refractivity contribution in [2.45, 2.75) is 13.8 Å². The molecule has 1 aromatic heterocycles. The van der Waals surface area contributed by atoms with Gasteiger partial charge in [0.1, 0.15) is 5.69 Å². The predicted octanol–water partition coefficient (Wildman–Crippen LogP) is 2.79. The van der Waals surface area contributed by atoms with Gasteiger partial charge in [-0.2, -0.15) is 5.10 Å². The highest BCUT2D eigenvalue weighted by molar-refractivity contribution is 14.1. The van der Waals surface area contributed by atoms with E-state index in [0.29, 0.717) is 3.57 Å². The van der Waals surface area contributed by atoms with Crippen molar-refractivity contribution in [1.82, 2.24) is 10.2 Å². The van der Waals surface area contributed by atoms with E-state index in [0.717, 1.165) is 22.5 Å². The van der Waals surface area contributed by atoms with E-state index in [-0.39, 0.29) is 11.4 Å². The molecule has 94 valence electrons. The Morgan fingerprint density at radius 2 is 2.11 bits per heavy atom. The van der Waals surface area contributed by atoms with E-state index >= 15 is 0 Å². The van der Waals surface area contributed by atoms with Gasteiger partial charge < -0.3 is 5.73 Å². The van der Waals surface area contributed by atoms with E-state index in [1.807, 2.05) is 42.5 Å². The topological polar surface area (TPSA) is 97.8 Å². The number of nitro groups is 1. The molecule has 2 aromatic rings. The molecule has 0 amide bonds. The van der Waals surface area contributed by atoms with Crippen LogP contribution in [0.25, 0.3) is 11.1 Å². The summed E-state index contributed by atoms with van der Waals surface area (Å²) in [5.41, 5.74) is 9.16. The molecule has 1 aromatic carbocycles. The zero-order valence-corrected chi connectivity index (χ0v) is 12.0. The Kier molecular flexibility index (Phi) is 3.24. The second kappa shape index (κ2) is 4.56. The Hall–Kier alpha value is -1.64. The number of nitro benzene ring substituents is 1. The van der Waals surface area contributed by atoms with Crippen molar-refractivity contribution >= 4 is 34.0 Å². The Balaban J connectivity index is 2.71. The first-order chi connectivity index (χ1) is 8.41. The van der Waals surface area contributed by atoms with Crippen LogP contribution in [-0.4, -0.2) is 15.1 Å². The lowest BCUT2D eigenvalue weighted by Crippen LogP contribution is -1.99. The molecule has 1 heterocycles. The molecule has 6 nitrogen and oxygen atoms in total. The molecule has 0 bridgehead atoms. The van der Waals surface area contributed by atoms with Gasteiger partial charge in [-0.05, 0) is 48.1 Å². The number of hydrogen-bond donors (Lipinski definition) is 2. The van der Waals surface area contributed by atoms with Gasteiger partial charge in [0.2, 0.25) is 0 Å². The third kappa shape index (κ3) is 2.05. The van der Waals surface area contributed by atoms with Gasteiger partial charge in [-0.25, -0.2) is 0 Å². The van der Waals surface area contributed by atoms with Crippen molar-refractivity contribution < 1.29 is 4.92 Å². The molecule has 0 aliphatic carbocycles. The summed E-state index contributed by atoms with van der Waals surface area (Å²) >= 11 is 2.00. The third-order valence-corrected chi connectivity index (χ3v) is 3.61. The normalized spacial score (nSPS) is 10.6. The number of nitrogens with zero attached hydrogens (tertiary/aromatic N) is 2. The quantitative estimate of drug-likeness (QED) is 0.373. The molecule has 7 heteroatoms. The minimum atomic E-state index is -0.467. The lowest BCUT2D eigenvalue weighted by molar-refractivity contribution is -0.383. The molecule has 0 saturated heterocycles. The molecule has 0 aliphatic heterocycles. The van der Waals surface area contributed by atoms with Crippen LogP contribution in [0.1, 0.15) is 11.4 Å². The number of nitrogens with one attached hydrogen (secondary N) is 1. The maximum atomic E-state index is 11.0. The highest BCUT2D eigenvalue weighted by atomic mass is 127. The molecule has 0 atom stereocenters. The Morgan fingerprint density at radius 1 is 1.44 bits per heavy atom. The maximum absolute atomic E-state index is 11.0. The van der Waals surface area contributed by atoms with Gasteiger partial charge in [-0.1, -0.05) is 0 Å². The van der Waals surface area contributed by atoms with Crippen molar-refractivity contribution in [3.63, 3.8) is 0 Å². The van der Waals surface area contributed by atoms with Crippen LogP contribution < -0.4 is 5.73 Å². The molecule has 0 radical (unpaired) electrons. The SMILES string of the molecule is Cc1n[nH]c(C)c1-c1cc(I)c(N)c([N+](=O)[O-])c1. The zero-order chi connectivity index (χ0) is 13.4. The fourth-order valence-electron chi connectivity index (χ4n) is 1.87. The van der Waals surface area contributed by atoms with E-state index in [4.69, 9.17) is 5.73 Å². The van der Waals surface area contributed by atoms with Crippen LogP contribution in [0, 0.1) is 27.5 Å². The predicted molar refractivity (Wildman–Crippen MR) is 77.3 cm³/mol. The van der Waals surface area contributed by atoms with Crippen LogP contribution in [-0.2, 0) is 0 Å². The van der Waals surface area contributed by atoms with Crippen LogP contribution in [0.15, 0.2) is 12.1 Å². The summed E-state index contributed by atoms with van der Waals surface area (Å²) in [4.78, 5) is 10.5. The van der Waals surface area contributed by atoms with E-state index in [1.54, 1.807) is 0 Å². The first-order valence-corrected chi connectivity index (χ1v) is 6.25. The van der Waals surface area contributed by atoms with Crippen molar-refractivity contribution in [2.75, 3.05) is 5.73 Å². The number of rotatable bonds is 2. The van der Waals surface area contributed by atoms with Gasteiger partial charge >= 0.3 is 0 Å². The Morgan fingerprint density at radius 3 is 2.61 bits per heavy atom. The van der Waals surface area contributed by atoms with Gasteiger partial charge in [0.25, 0.3) is 5.69 Å². The van der Waals surface area contributed by atoms with Gasteiger partial charge in [-0.15, -0.1) is 0 Å². The smallest absolute Gasteiger partial charge is 0.293 e. The number of nitrogens with two attached hydrogens (primary N) is 1. The highest BCUT2D eigenvalue weighted by Crippen LogP contribution is 2.35. The average molecular weight is 358 g/mol. The van der Waals surface area contributed by atoms with Crippen LogP contribution in [0.5, 0.6) is 0 Å². The van der Waals surface area contributed by atoms with Gasteiger partial charge in [0.15, 0.2) is 0 Å². The summed E-state index contributed by atoms with van der Waals surface area (Å²) < 4.78 is 0.664. The van der Waals surface area contributed by atoms with E-state index < -0.39 is 4.92 Å². The second-order valence-electron chi connectivity index (χ2n) is 3.96. The van der Waals surface area contributed by atoms with Crippen molar-refractivity contribution in [2.24, 2.45) is 0 Å². The molecule has 0 aliphatic rings. The summed E-state index contributed by atoms with van der Waals surface area (Å²) in [7, 11) is 0. The summed E-state index contributed by atoms with van der Waals surface area (Å²) in [6, 6.07) is 3.32. The first kappa shape index (κ1) is 12.8. The lowest BCUT2D eigenvalue weighted by Gasteiger charge is -2.06. The zero-order valence-electron chi connectivity index (χ0n) is 9.82. The van der Waals surface area contributed by atoms with E-state index in [9.17, 15) is 10.1 Å². The monoisotopic (exact) mass is 358 g/mol. The van der Waals surface area contributed by atoms with Crippen LogP contribution in [0.2, 0.25) is 0 Å². The summed E-state index contributed by atoms with van der Waals surface area (Å²) in [6.07, 6.45) is 0. The summed E-state index contributed by atoms with van der Waals surface area (Å²) in [5, 5.41) is 17.9. The minimum Gasteiger partial charge on any atom is -0.392 e. The number of benzene rings is 1. The molecule has 0 saturated carbocycles. The molecular weight excluding hydrogens is 347 g/mol. The molecule has 0 spiro atoms. The van der Waals surface area contributed by atoms with Crippen LogP contribution in [0.4, 0.5) is 11.4 Å². The molecule has 0 fully saturated rings. The first-order valence-electron chi connectivity index (χ1n) is 5.17. The highest BCUT2D eigenvalue weighted by Gasteiger charge is 2.19. The number of aryl methyl sites for hydroxylation is 2. The van der Waals surface area contributed by atoms with E-state index in [2.05, 4.69) is 10.2 Å². The Labute approximate surface area is 117 Å². The van der Waals surface area contributed by atoms with Crippen LogP contribution >= 0.6 is 22.6 Å². The summed E-state index contributed by atoms with van der Waals surface area (Å²) in [6.45, 7) is 3.73. The van der Waals surface area contributed by atoms with Gasteiger partial charge in [0.05, 0.1) is 10.6 Å². The van der Waals surface area contributed by atoms with Gasteiger partial charge in [-0.3, -0.25) is 15.2 Å².